The predicted molar refractivity (Wildman–Crippen MR) is 86.5 cm³/mol. The Kier molecular flexibility index (Phi) is 5.79. The average molecular weight is 343 g/mol. The molecule has 0 aromatic heterocycles. The van der Waals surface area contributed by atoms with Gasteiger partial charge in [-0.1, -0.05) is 26.0 Å². The Morgan fingerprint density at radius 2 is 1.84 bits per heavy atom. The molecule has 0 amide bonds. The largest absolute Gasteiger partial charge is 0.392 e. The number of aliphatic hydroxyl groups excluding tert-OH is 1. The molecule has 19 heavy (non-hydrogen) atoms. The van der Waals surface area contributed by atoms with Crippen molar-refractivity contribution in [3.63, 3.8) is 0 Å². The number of benzene rings is 1. The Morgan fingerprint density at radius 1 is 1.21 bits per heavy atom. The van der Waals surface area contributed by atoms with Gasteiger partial charge >= 0.3 is 0 Å². The van der Waals surface area contributed by atoms with E-state index in [9.17, 15) is 5.11 Å². The smallest absolute Gasteiger partial charge is 0.0662 e. The summed E-state index contributed by atoms with van der Waals surface area (Å²) < 4.78 is 1.12. The van der Waals surface area contributed by atoms with Crippen molar-refractivity contribution in [2.75, 3.05) is 5.75 Å². The van der Waals surface area contributed by atoms with E-state index in [1.54, 1.807) is 11.8 Å². The van der Waals surface area contributed by atoms with E-state index in [0.29, 0.717) is 5.92 Å². The third-order valence-electron chi connectivity index (χ3n) is 4.01. The molecule has 106 valence electrons. The van der Waals surface area contributed by atoms with Crippen molar-refractivity contribution in [2.45, 2.75) is 44.1 Å². The second kappa shape index (κ2) is 7.14. The molecule has 3 unspecified atom stereocenters. The van der Waals surface area contributed by atoms with Crippen LogP contribution in [0, 0.1) is 17.8 Å². The lowest BCUT2D eigenvalue weighted by molar-refractivity contribution is 0.0723. The molecule has 0 spiro atoms. The van der Waals surface area contributed by atoms with E-state index < -0.39 is 0 Å². The van der Waals surface area contributed by atoms with Gasteiger partial charge in [-0.3, -0.25) is 0 Å². The molecule has 1 aliphatic carbocycles. The molecule has 1 saturated carbocycles. The minimum atomic E-state index is -0.178. The molecular formula is C16H23BrOS. The Morgan fingerprint density at radius 3 is 2.47 bits per heavy atom. The van der Waals surface area contributed by atoms with E-state index in [1.807, 2.05) is 12.1 Å². The van der Waals surface area contributed by atoms with Crippen LogP contribution in [0.1, 0.15) is 33.1 Å². The lowest BCUT2D eigenvalue weighted by Gasteiger charge is -2.34. The molecule has 1 fully saturated rings. The second-order valence-corrected chi connectivity index (χ2v) is 7.90. The van der Waals surface area contributed by atoms with E-state index in [1.165, 1.54) is 24.2 Å². The van der Waals surface area contributed by atoms with Gasteiger partial charge in [0.05, 0.1) is 6.10 Å². The van der Waals surface area contributed by atoms with E-state index in [2.05, 4.69) is 41.9 Å². The van der Waals surface area contributed by atoms with Crippen LogP contribution >= 0.6 is 27.7 Å². The summed E-state index contributed by atoms with van der Waals surface area (Å²) in [5.74, 6) is 2.80. The van der Waals surface area contributed by atoms with Gasteiger partial charge in [0.2, 0.25) is 0 Å². The number of hydrogen-bond acceptors (Lipinski definition) is 2. The topological polar surface area (TPSA) is 20.2 Å². The summed E-state index contributed by atoms with van der Waals surface area (Å²) in [6.45, 7) is 4.63. The van der Waals surface area contributed by atoms with E-state index in [0.717, 1.165) is 22.1 Å². The maximum Gasteiger partial charge on any atom is 0.0662 e. The van der Waals surface area contributed by atoms with Gasteiger partial charge in [0, 0.05) is 15.1 Å². The van der Waals surface area contributed by atoms with Crippen LogP contribution in [0.2, 0.25) is 0 Å². The number of halogens is 1. The molecule has 1 N–H and O–H groups in total. The van der Waals surface area contributed by atoms with Crippen LogP contribution in [0.4, 0.5) is 0 Å². The fraction of sp³-hybridized carbons (Fsp3) is 0.625. The van der Waals surface area contributed by atoms with Gasteiger partial charge < -0.3 is 5.11 Å². The SMILES string of the molecule is CC1CC(C)CC(C(O)CSc2ccccc2Br)C1. The molecule has 1 aromatic carbocycles. The molecule has 0 bridgehead atoms. The van der Waals surface area contributed by atoms with Crippen LogP contribution in [0.5, 0.6) is 0 Å². The van der Waals surface area contributed by atoms with Crippen molar-refractivity contribution in [1.82, 2.24) is 0 Å². The summed E-state index contributed by atoms with van der Waals surface area (Å²) >= 11 is 5.31. The van der Waals surface area contributed by atoms with Crippen LogP contribution in [-0.2, 0) is 0 Å². The Hall–Kier alpha value is 0.01000. The highest BCUT2D eigenvalue weighted by atomic mass is 79.9. The zero-order valence-corrected chi connectivity index (χ0v) is 14.1. The zero-order chi connectivity index (χ0) is 13.8. The van der Waals surface area contributed by atoms with E-state index in [-0.39, 0.29) is 6.10 Å². The summed E-state index contributed by atoms with van der Waals surface area (Å²) in [6, 6.07) is 8.23. The third kappa shape index (κ3) is 4.51. The molecule has 3 heteroatoms. The highest BCUT2D eigenvalue weighted by Gasteiger charge is 2.28. The molecule has 0 aliphatic heterocycles. The van der Waals surface area contributed by atoms with Crippen molar-refractivity contribution >= 4 is 27.7 Å². The predicted octanol–water partition coefficient (Wildman–Crippen LogP) is 4.97. The molecule has 2 rings (SSSR count). The molecule has 1 aliphatic rings. The normalized spacial score (nSPS) is 29.2. The van der Waals surface area contributed by atoms with Crippen LogP contribution < -0.4 is 0 Å². The first kappa shape index (κ1) is 15.4. The third-order valence-corrected chi connectivity index (χ3v) is 6.13. The van der Waals surface area contributed by atoms with Gasteiger partial charge in [0.25, 0.3) is 0 Å². The van der Waals surface area contributed by atoms with Crippen molar-refractivity contribution in [3.8, 4) is 0 Å². The fourth-order valence-electron chi connectivity index (χ4n) is 3.20. The molecule has 1 nitrogen and oxygen atoms in total. The lowest BCUT2D eigenvalue weighted by Crippen LogP contribution is -2.30. The molecule has 1 aromatic rings. The van der Waals surface area contributed by atoms with Gasteiger partial charge in [-0.2, -0.15) is 0 Å². The molecule has 3 atom stereocenters. The zero-order valence-electron chi connectivity index (χ0n) is 11.7. The quantitative estimate of drug-likeness (QED) is 0.779. The monoisotopic (exact) mass is 342 g/mol. The van der Waals surface area contributed by atoms with Crippen molar-refractivity contribution in [3.05, 3.63) is 28.7 Å². The van der Waals surface area contributed by atoms with Crippen LogP contribution in [0.3, 0.4) is 0 Å². The van der Waals surface area contributed by atoms with E-state index in [4.69, 9.17) is 0 Å². The first-order valence-corrected chi connectivity index (χ1v) is 8.89. The van der Waals surface area contributed by atoms with E-state index >= 15 is 0 Å². The van der Waals surface area contributed by atoms with Crippen LogP contribution in [-0.4, -0.2) is 17.0 Å². The van der Waals surface area contributed by atoms with Crippen molar-refractivity contribution in [1.29, 1.82) is 0 Å². The first-order valence-electron chi connectivity index (χ1n) is 7.11. The summed E-state index contributed by atoms with van der Waals surface area (Å²) in [7, 11) is 0. The Balaban J connectivity index is 1.87. The molecule has 0 heterocycles. The van der Waals surface area contributed by atoms with Crippen molar-refractivity contribution < 1.29 is 5.11 Å². The minimum Gasteiger partial charge on any atom is -0.392 e. The Labute approximate surface area is 129 Å². The summed E-state index contributed by atoms with van der Waals surface area (Å²) in [5.41, 5.74) is 0. The highest BCUT2D eigenvalue weighted by molar-refractivity contribution is 9.10. The maximum absolute atomic E-state index is 10.4. The van der Waals surface area contributed by atoms with Gasteiger partial charge in [-0.05, 0) is 65.1 Å². The van der Waals surface area contributed by atoms with Gasteiger partial charge in [0.15, 0.2) is 0 Å². The highest BCUT2D eigenvalue weighted by Crippen LogP contribution is 2.36. The minimum absolute atomic E-state index is 0.178. The number of rotatable bonds is 4. The van der Waals surface area contributed by atoms with Crippen LogP contribution in [0.15, 0.2) is 33.6 Å². The van der Waals surface area contributed by atoms with Gasteiger partial charge in [-0.15, -0.1) is 11.8 Å². The first-order chi connectivity index (χ1) is 9.06. The summed E-state index contributed by atoms with van der Waals surface area (Å²) in [6.07, 6.45) is 3.51. The summed E-state index contributed by atoms with van der Waals surface area (Å²) in [5, 5.41) is 10.4. The summed E-state index contributed by atoms with van der Waals surface area (Å²) in [4.78, 5) is 1.22. The van der Waals surface area contributed by atoms with Gasteiger partial charge in [-0.25, -0.2) is 0 Å². The lowest BCUT2D eigenvalue weighted by atomic mass is 9.75. The molecular weight excluding hydrogens is 320 g/mol. The number of thioether (sulfide) groups is 1. The molecule has 0 saturated heterocycles. The second-order valence-electron chi connectivity index (χ2n) is 5.99. The van der Waals surface area contributed by atoms with Gasteiger partial charge in [0.1, 0.15) is 0 Å². The fourth-order valence-corrected chi connectivity index (χ4v) is 4.83. The van der Waals surface area contributed by atoms with Crippen LogP contribution in [0.25, 0.3) is 0 Å². The number of hydrogen-bond donors (Lipinski definition) is 1. The standard InChI is InChI=1S/C16H23BrOS/c1-11-7-12(2)9-13(8-11)15(18)10-19-16-6-4-3-5-14(16)17/h3-6,11-13,15,18H,7-10H2,1-2H3. The van der Waals surface area contributed by atoms with Crippen molar-refractivity contribution in [2.24, 2.45) is 17.8 Å². The molecule has 0 radical (unpaired) electrons. The Bertz CT molecular complexity index is 399. The maximum atomic E-state index is 10.4. The average Bonchev–Trinajstić information content (AvgIpc) is 2.36. The number of aliphatic hydroxyl groups is 1.